The minimum absolute atomic E-state index is 0.0618. The highest BCUT2D eigenvalue weighted by Gasteiger charge is 2.42. The third kappa shape index (κ3) is 2.71. The van der Waals surface area contributed by atoms with Crippen LogP contribution in [0.1, 0.15) is 41.3 Å². The van der Waals surface area contributed by atoms with Gasteiger partial charge in [0.05, 0.1) is 25.0 Å². The molecule has 1 aliphatic heterocycles. The topological polar surface area (TPSA) is 64.6 Å². The molecule has 0 amide bonds. The minimum Gasteiger partial charge on any atom is -0.497 e. The average Bonchev–Trinajstić information content (AvgIpc) is 2.99. The van der Waals surface area contributed by atoms with Crippen molar-refractivity contribution in [3.63, 3.8) is 0 Å². The van der Waals surface area contributed by atoms with Gasteiger partial charge in [-0.3, -0.25) is 4.79 Å². The molecule has 0 aromatic heterocycles. The molecule has 0 fully saturated rings. The van der Waals surface area contributed by atoms with Crippen molar-refractivity contribution in [2.45, 2.75) is 19.8 Å². The Labute approximate surface area is 163 Å². The van der Waals surface area contributed by atoms with Gasteiger partial charge in [0.1, 0.15) is 5.75 Å². The van der Waals surface area contributed by atoms with E-state index in [1.54, 1.807) is 14.0 Å². The summed E-state index contributed by atoms with van der Waals surface area (Å²) >= 11 is 0. The lowest BCUT2D eigenvalue weighted by Gasteiger charge is -2.29. The van der Waals surface area contributed by atoms with E-state index in [9.17, 15) is 9.59 Å². The van der Waals surface area contributed by atoms with Crippen molar-refractivity contribution in [3.05, 3.63) is 82.1 Å². The zero-order chi connectivity index (χ0) is 19.8. The maximum absolute atomic E-state index is 13.3. The highest BCUT2D eigenvalue weighted by atomic mass is 16.5. The molecular weight excluding hydrogens is 354 g/mol. The van der Waals surface area contributed by atoms with Crippen molar-refractivity contribution in [2.75, 3.05) is 13.7 Å². The molecule has 0 radical (unpaired) electrons. The Morgan fingerprint density at radius 2 is 1.75 bits per heavy atom. The Morgan fingerprint density at radius 3 is 2.39 bits per heavy atom. The molecule has 1 atom stereocenters. The summed E-state index contributed by atoms with van der Waals surface area (Å²) in [6.07, 6.45) is 0. The number of nitrogens with one attached hydrogen (secondary N) is 1. The maximum Gasteiger partial charge on any atom is 0.336 e. The fourth-order valence-electron chi connectivity index (χ4n) is 3.94. The largest absolute Gasteiger partial charge is 0.497 e. The van der Waals surface area contributed by atoms with Gasteiger partial charge in [-0.1, -0.05) is 36.4 Å². The van der Waals surface area contributed by atoms with E-state index in [2.05, 4.69) is 5.32 Å². The molecule has 0 spiro atoms. The Balaban J connectivity index is 1.90. The predicted octanol–water partition coefficient (Wildman–Crippen LogP) is 3.83. The van der Waals surface area contributed by atoms with E-state index in [0.717, 1.165) is 16.8 Å². The monoisotopic (exact) mass is 375 g/mol. The number of ketones is 1. The van der Waals surface area contributed by atoms with Crippen molar-refractivity contribution >= 4 is 17.4 Å². The average molecular weight is 375 g/mol. The molecule has 0 saturated heterocycles. The van der Waals surface area contributed by atoms with Crippen LogP contribution in [0.3, 0.4) is 0 Å². The van der Waals surface area contributed by atoms with Crippen molar-refractivity contribution in [1.82, 2.24) is 5.32 Å². The Kier molecular flexibility index (Phi) is 4.51. The van der Waals surface area contributed by atoms with Crippen LogP contribution < -0.4 is 10.1 Å². The number of allylic oxidation sites excluding steroid dienone is 2. The van der Waals surface area contributed by atoms with Crippen LogP contribution in [0.2, 0.25) is 0 Å². The summed E-state index contributed by atoms with van der Waals surface area (Å²) in [4.78, 5) is 26.1. The number of carbonyl (C=O) groups excluding carboxylic acids is 2. The highest BCUT2D eigenvalue weighted by Crippen LogP contribution is 2.46. The van der Waals surface area contributed by atoms with Crippen LogP contribution in [0, 0.1) is 0 Å². The van der Waals surface area contributed by atoms with Crippen LogP contribution in [0.25, 0.3) is 5.70 Å². The van der Waals surface area contributed by atoms with E-state index in [-0.39, 0.29) is 12.4 Å². The van der Waals surface area contributed by atoms with Gasteiger partial charge in [-0.05, 0) is 31.5 Å². The second kappa shape index (κ2) is 7.00. The Bertz CT molecular complexity index is 1030. The lowest BCUT2D eigenvalue weighted by atomic mass is 9.80. The second-order valence-electron chi connectivity index (χ2n) is 6.75. The number of hydrogen-bond donors (Lipinski definition) is 1. The van der Waals surface area contributed by atoms with Crippen LogP contribution in [0.5, 0.6) is 5.75 Å². The van der Waals surface area contributed by atoms with Crippen LogP contribution in [0.4, 0.5) is 0 Å². The quantitative estimate of drug-likeness (QED) is 0.823. The Hall–Kier alpha value is -3.34. The molecule has 0 saturated carbocycles. The van der Waals surface area contributed by atoms with Gasteiger partial charge in [0.15, 0.2) is 5.78 Å². The third-order valence-electron chi connectivity index (χ3n) is 5.19. The summed E-state index contributed by atoms with van der Waals surface area (Å²) in [6, 6.07) is 15.0. The number of carbonyl (C=O) groups is 2. The van der Waals surface area contributed by atoms with Crippen LogP contribution in [-0.2, 0) is 9.53 Å². The van der Waals surface area contributed by atoms with Gasteiger partial charge >= 0.3 is 5.97 Å². The number of ether oxygens (including phenoxy) is 2. The van der Waals surface area contributed by atoms with E-state index in [1.807, 2.05) is 55.5 Å². The molecule has 1 unspecified atom stereocenters. The lowest BCUT2D eigenvalue weighted by molar-refractivity contribution is -0.138. The van der Waals surface area contributed by atoms with Gasteiger partial charge in [0.2, 0.25) is 0 Å². The van der Waals surface area contributed by atoms with Crippen LogP contribution >= 0.6 is 0 Å². The summed E-state index contributed by atoms with van der Waals surface area (Å²) in [5.74, 6) is -0.260. The van der Waals surface area contributed by atoms with Crippen LogP contribution in [0.15, 0.2) is 65.4 Å². The van der Waals surface area contributed by atoms with Gasteiger partial charge in [0.25, 0.3) is 0 Å². The number of rotatable bonds is 4. The van der Waals surface area contributed by atoms with Crippen molar-refractivity contribution in [3.8, 4) is 5.75 Å². The molecule has 5 heteroatoms. The maximum atomic E-state index is 13.3. The molecule has 4 rings (SSSR count). The van der Waals surface area contributed by atoms with Gasteiger partial charge in [0, 0.05) is 28.3 Å². The van der Waals surface area contributed by atoms with Crippen molar-refractivity contribution in [2.24, 2.45) is 0 Å². The number of dihydropyridines is 1. The van der Waals surface area contributed by atoms with E-state index >= 15 is 0 Å². The highest BCUT2D eigenvalue weighted by molar-refractivity contribution is 6.23. The van der Waals surface area contributed by atoms with Gasteiger partial charge in [-0.15, -0.1) is 0 Å². The SMILES string of the molecule is CCOC(=O)C1=C(C)NC2=C(C(=O)c3ccccc32)C1c1ccc(OC)cc1. The first-order valence-corrected chi connectivity index (χ1v) is 9.24. The van der Waals surface area contributed by atoms with Crippen molar-refractivity contribution in [1.29, 1.82) is 0 Å². The number of Topliss-reactive ketones (excluding diaryl/α,β-unsaturated/α-hetero) is 1. The molecule has 5 nitrogen and oxygen atoms in total. The number of benzene rings is 2. The zero-order valence-electron chi connectivity index (χ0n) is 16.0. The van der Waals surface area contributed by atoms with E-state index < -0.39 is 11.9 Å². The first-order valence-electron chi connectivity index (χ1n) is 9.24. The molecule has 142 valence electrons. The second-order valence-corrected chi connectivity index (χ2v) is 6.75. The predicted molar refractivity (Wildman–Crippen MR) is 106 cm³/mol. The fourth-order valence-corrected chi connectivity index (χ4v) is 3.94. The smallest absolute Gasteiger partial charge is 0.336 e. The molecule has 2 aromatic carbocycles. The van der Waals surface area contributed by atoms with E-state index in [1.165, 1.54) is 0 Å². The summed E-state index contributed by atoms with van der Waals surface area (Å²) < 4.78 is 10.6. The van der Waals surface area contributed by atoms with Gasteiger partial charge < -0.3 is 14.8 Å². The zero-order valence-corrected chi connectivity index (χ0v) is 16.0. The summed E-state index contributed by atoms with van der Waals surface area (Å²) in [6.45, 7) is 3.89. The molecular formula is C23H21NO4. The summed E-state index contributed by atoms with van der Waals surface area (Å²) in [5, 5.41) is 3.29. The number of esters is 1. The van der Waals surface area contributed by atoms with E-state index in [4.69, 9.17) is 9.47 Å². The Morgan fingerprint density at radius 1 is 1.07 bits per heavy atom. The molecule has 1 N–H and O–H groups in total. The summed E-state index contributed by atoms with van der Waals surface area (Å²) in [7, 11) is 1.60. The normalized spacial score (nSPS) is 17.8. The molecule has 1 aliphatic carbocycles. The van der Waals surface area contributed by atoms with E-state index in [0.29, 0.717) is 28.2 Å². The first-order chi connectivity index (χ1) is 13.6. The molecule has 2 aromatic rings. The fraction of sp³-hybridized carbons (Fsp3) is 0.217. The molecule has 28 heavy (non-hydrogen) atoms. The first kappa shape index (κ1) is 18.0. The molecule has 0 bridgehead atoms. The van der Waals surface area contributed by atoms with Crippen molar-refractivity contribution < 1.29 is 19.1 Å². The number of methoxy groups -OCH3 is 1. The van der Waals surface area contributed by atoms with Crippen LogP contribution in [-0.4, -0.2) is 25.5 Å². The number of hydrogen-bond acceptors (Lipinski definition) is 5. The lowest BCUT2D eigenvalue weighted by Crippen LogP contribution is -2.29. The standard InChI is InChI=1S/C23H21NO4/c1-4-28-23(26)18-13(2)24-21-16-7-5-6-8-17(16)22(25)20(21)19(18)14-9-11-15(27-3)12-10-14/h5-12,19,24H,4H2,1-3H3. The van der Waals surface area contributed by atoms with Gasteiger partial charge in [-0.2, -0.15) is 0 Å². The molecule has 1 heterocycles. The van der Waals surface area contributed by atoms with Gasteiger partial charge in [-0.25, -0.2) is 4.79 Å². The minimum atomic E-state index is -0.499. The number of fused-ring (bicyclic) bond motifs is 2. The summed E-state index contributed by atoms with van der Waals surface area (Å²) in [5.41, 5.74) is 4.87. The third-order valence-corrected chi connectivity index (χ3v) is 5.19. The molecule has 2 aliphatic rings.